The molecule has 0 aliphatic carbocycles. The quantitative estimate of drug-likeness (QED) is 0.498. The first-order valence-electron chi connectivity index (χ1n) is 7.97. The molecule has 2 aromatic rings. The summed E-state index contributed by atoms with van der Waals surface area (Å²) >= 11 is 0. The van der Waals surface area contributed by atoms with E-state index in [9.17, 15) is 14.7 Å². The van der Waals surface area contributed by atoms with Gasteiger partial charge in [-0.05, 0) is 48.6 Å². The fraction of sp³-hybridized carbons (Fsp3) is 0.238. The molecule has 0 heterocycles. The molecule has 3 heteroatoms. The molecular weight excluding hydrogens is 300 g/mol. The molecule has 0 radical (unpaired) electrons. The Hall–Kier alpha value is -2.86. The van der Waals surface area contributed by atoms with Gasteiger partial charge in [0.25, 0.3) is 0 Å². The number of carbonyl (C=O) groups is 2. The molecule has 24 heavy (non-hydrogen) atoms. The van der Waals surface area contributed by atoms with Crippen LogP contribution in [0, 0.1) is 11.8 Å². The number of aromatic hydroxyl groups is 1. The van der Waals surface area contributed by atoms with E-state index >= 15 is 0 Å². The van der Waals surface area contributed by atoms with Gasteiger partial charge in [0.2, 0.25) is 5.78 Å². The molecule has 0 saturated carbocycles. The highest BCUT2D eigenvalue weighted by Gasteiger charge is 2.15. The van der Waals surface area contributed by atoms with Crippen molar-refractivity contribution >= 4 is 11.6 Å². The number of Topliss-reactive ketones (excluding diaryl/α,β-unsaturated/α-hetero) is 2. The Labute approximate surface area is 142 Å². The lowest BCUT2D eigenvalue weighted by Crippen LogP contribution is -2.08. The Kier molecular flexibility index (Phi) is 5.92. The summed E-state index contributed by atoms with van der Waals surface area (Å²) in [6.45, 7) is 3.68. The summed E-state index contributed by atoms with van der Waals surface area (Å²) in [6.07, 6.45) is 1.92. The van der Waals surface area contributed by atoms with Gasteiger partial charge in [-0.25, -0.2) is 0 Å². The Morgan fingerprint density at radius 3 is 2.50 bits per heavy atom. The lowest BCUT2D eigenvalue weighted by molar-refractivity contribution is 0.0988. The van der Waals surface area contributed by atoms with Crippen LogP contribution in [0.1, 0.15) is 52.1 Å². The first kappa shape index (κ1) is 17.5. The number of phenolic OH excluding ortho intramolecular Hbond substituents is 1. The van der Waals surface area contributed by atoms with Crippen molar-refractivity contribution in [3.05, 3.63) is 64.7 Å². The molecule has 0 fully saturated rings. The van der Waals surface area contributed by atoms with Gasteiger partial charge in [-0.15, -0.1) is 0 Å². The topological polar surface area (TPSA) is 54.4 Å². The van der Waals surface area contributed by atoms with E-state index in [1.807, 2.05) is 6.07 Å². The maximum absolute atomic E-state index is 12.5. The Morgan fingerprint density at radius 1 is 1.08 bits per heavy atom. The van der Waals surface area contributed by atoms with Gasteiger partial charge in [-0.3, -0.25) is 9.59 Å². The highest BCUT2D eigenvalue weighted by Crippen LogP contribution is 2.21. The lowest BCUT2D eigenvalue weighted by atomic mass is 9.93. The van der Waals surface area contributed by atoms with Gasteiger partial charge in [-0.2, -0.15) is 0 Å². The van der Waals surface area contributed by atoms with Crippen LogP contribution in [0.25, 0.3) is 0 Å². The summed E-state index contributed by atoms with van der Waals surface area (Å²) in [4.78, 5) is 24.5. The average molecular weight is 320 g/mol. The first-order chi connectivity index (χ1) is 11.6. The van der Waals surface area contributed by atoms with E-state index in [1.54, 1.807) is 37.3 Å². The van der Waals surface area contributed by atoms with Crippen LogP contribution in [0.2, 0.25) is 0 Å². The van der Waals surface area contributed by atoms with Crippen LogP contribution in [0.4, 0.5) is 0 Å². The zero-order valence-electron chi connectivity index (χ0n) is 13.9. The molecule has 3 nitrogen and oxygen atoms in total. The average Bonchev–Trinajstić information content (AvgIpc) is 2.57. The highest BCUT2D eigenvalue weighted by molar-refractivity contribution is 6.09. The predicted molar refractivity (Wildman–Crippen MR) is 94.4 cm³/mol. The molecule has 0 unspecified atom stereocenters. The molecule has 2 rings (SSSR count). The number of ketones is 2. The molecule has 0 aliphatic heterocycles. The van der Waals surface area contributed by atoms with Crippen molar-refractivity contribution in [1.29, 1.82) is 0 Å². The van der Waals surface area contributed by atoms with Crippen LogP contribution in [0.3, 0.4) is 0 Å². The third kappa shape index (κ3) is 4.11. The van der Waals surface area contributed by atoms with E-state index in [0.29, 0.717) is 11.1 Å². The Morgan fingerprint density at radius 2 is 1.83 bits per heavy atom. The molecular formula is C21H20O3. The lowest BCUT2D eigenvalue weighted by Gasteiger charge is -2.10. The zero-order chi connectivity index (χ0) is 17.5. The minimum Gasteiger partial charge on any atom is -0.507 e. The summed E-state index contributed by atoms with van der Waals surface area (Å²) in [6, 6.07) is 11.9. The number of rotatable bonds is 6. The van der Waals surface area contributed by atoms with E-state index < -0.39 is 0 Å². The van der Waals surface area contributed by atoms with Crippen molar-refractivity contribution in [2.75, 3.05) is 0 Å². The monoisotopic (exact) mass is 320 g/mol. The van der Waals surface area contributed by atoms with Crippen molar-refractivity contribution in [2.24, 2.45) is 0 Å². The van der Waals surface area contributed by atoms with Crippen molar-refractivity contribution in [2.45, 2.75) is 33.1 Å². The molecule has 0 aliphatic rings. The van der Waals surface area contributed by atoms with Gasteiger partial charge in [0.1, 0.15) is 5.75 Å². The number of carbonyl (C=O) groups excluding carboxylic acids is 2. The normalized spacial score (nSPS) is 9.92. The summed E-state index contributed by atoms with van der Waals surface area (Å²) < 4.78 is 0. The maximum atomic E-state index is 12.5. The Balaban J connectivity index is 2.37. The number of phenols is 1. The van der Waals surface area contributed by atoms with Crippen LogP contribution in [0.5, 0.6) is 5.75 Å². The molecule has 0 atom stereocenters. The van der Waals surface area contributed by atoms with Crippen molar-refractivity contribution in [1.82, 2.24) is 0 Å². The number of aryl methyl sites for hydroxylation is 1. The smallest absolute Gasteiger partial charge is 0.235 e. The number of benzene rings is 2. The first-order valence-corrected chi connectivity index (χ1v) is 7.97. The second kappa shape index (κ2) is 8.12. The van der Waals surface area contributed by atoms with Gasteiger partial charge in [0.15, 0.2) is 5.78 Å². The molecule has 0 aromatic heterocycles. The minimum atomic E-state index is -0.253. The van der Waals surface area contributed by atoms with E-state index in [1.165, 1.54) is 6.07 Å². The third-order valence-electron chi connectivity index (χ3n) is 3.78. The van der Waals surface area contributed by atoms with Crippen molar-refractivity contribution in [3.8, 4) is 17.6 Å². The fourth-order valence-corrected chi connectivity index (χ4v) is 2.61. The third-order valence-corrected chi connectivity index (χ3v) is 3.78. The summed E-state index contributed by atoms with van der Waals surface area (Å²) in [5.41, 5.74) is 2.64. The van der Waals surface area contributed by atoms with Gasteiger partial charge in [-0.1, -0.05) is 43.5 Å². The second-order valence-corrected chi connectivity index (χ2v) is 5.55. The molecule has 0 amide bonds. The predicted octanol–water partition coefficient (Wildman–Crippen LogP) is 3.98. The summed E-state index contributed by atoms with van der Waals surface area (Å²) in [7, 11) is 0. The largest absolute Gasteiger partial charge is 0.507 e. The molecule has 0 spiro atoms. The molecule has 0 saturated heterocycles. The SMILES string of the molecule is CC#CC(=O)c1ccc(CCC)c(CC(=O)c2ccccc2O)c1. The van der Waals surface area contributed by atoms with Gasteiger partial charge >= 0.3 is 0 Å². The molecule has 1 N–H and O–H groups in total. The van der Waals surface area contributed by atoms with Gasteiger partial charge in [0.05, 0.1) is 5.56 Å². The standard InChI is InChI=1S/C21H20O3/c1-3-7-15-11-12-16(19(22)8-4-2)13-17(15)14-21(24)18-9-5-6-10-20(18)23/h5-6,9-13,23H,3,7,14H2,1-2H3. The Bertz CT molecular complexity index is 822. The highest BCUT2D eigenvalue weighted by atomic mass is 16.3. The van der Waals surface area contributed by atoms with Crippen molar-refractivity contribution < 1.29 is 14.7 Å². The second-order valence-electron chi connectivity index (χ2n) is 5.55. The van der Waals surface area contributed by atoms with Crippen LogP contribution < -0.4 is 0 Å². The summed E-state index contributed by atoms with van der Waals surface area (Å²) in [5.74, 6) is 4.67. The molecule has 0 bridgehead atoms. The van der Waals surface area contributed by atoms with E-state index in [4.69, 9.17) is 0 Å². The number of hydrogen-bond acceptors (Lipinski definition) is 3. The minimum absolute atomic E-state index is 0.0244. The number of para-hydroxylation sites is 1. The molecule has 122 valence electrons. The van der Waals surface area contributed by atoms with E-state index in [2.05, 4.69) is 18.8 Å². The van der Waals surface area contributed by atoms with Crippen LogP contribution >= 0.6 is 0 Å². The van der Waals surface area contributed by atoms with Crippen LogP contribution in [0.15, 0.2) is 42.5 Å². The zero-order valence-corrected chi connectivity index (χ0v) is 13.9. The fourth-order valence-electron chi connectivity index (χ4n) is 2.61. The van der Waals surface area contributed by atoms with Gasteiger partial charge < -0.3 is 5.11 Å². The number of hydrogen-bond donors (Lipinski definition) is 1. The maximum Gasteiger partial charge on any atom is 0.235 e. The van der Waals surface area contributed by atoms with E-state index in [0.717, 1.165) is 24.0 Å². The molecule has 2 aromatic carbocycles. The van der Waals surface area contributed by atoms with Crippen LogP contribution in [-0.2, 0) is 12.8 Å². The van der Waals surface area contributed by atoms with E-state index in [-0.39, 0.29) is 23.7 Å². The van der Waals surface area contributed by atoms with Crippen molar-refractivity contribution in [3.63, 3.8) is 0 Å². The van der Waals surface area contributed by atoms with Gasteiger partial charge in [0, 0.05) is 12.0 Å². The summed E-state index contributed by atoms with van der Waals surface area (Å²) in [5, 5.41) is 9.85. The van der Waals surface area contributed by atoms with Crippen LogP contribution in [-0.4, -0.2) is 16.7 Å².